The molecule has 0 amide bonds. The van der Waals surface area contributed by atoms with Crippen LogP contribution in [0.2, 0.25) is 0 Å². The smallest absolute Gasteiger partial charge is 0.363 e. The van der Waals surface area contributed by atoms with Gasteiger partial charge in [-0.1, -0.05) is 0 Å². The summed E-state index contributed by atoms with van der Waals surface area (Å²) in [7, 11) is 0. The summed E-state index contributed by atoms with van der Waals surface area (Å²) in [5.74, 6) is -0.996. The number of rotatable bonds is 2. The first-order chi connectivity index (χ1) is 6.43. The molecule has 1 aromatic heterocycles. The Morgan fingerprint density at radius 2 is 2.21 bits per heavy atom. The monoisotopic (exact) mass is 203 g/mol. The summed E-state index contributed by atoms with van der Waals surface area (Å²) in [5.41, 5.74) is 4.86. The molecule has 0 atom stereocenters. The zero-order valence-corrected chi connectivity index (χ0v) is 7.20. The molecule has 1 rings (SSSR count). The van der Waals surface area contributed by atoms with E-state index in [1.807, 2.05) is 0 Å². The van der Waals surface area contributed by atoms with Gasteiger partial charge >= 0.3 is 5.82 Å². The molecule has 0 radical (unpaired) electrons. The highest BCUT2D eigenvalue weighted by molar-refractivity contribution is 5.48. The van der Waals surface area contributed by atoms with Gasteiger partial charge in [0.25, 0.3) is 6.43 Å². The van der Waals surface area contributed by atoms with Crippen LogP contribution >= 0.6 is 0 Å². The van der Waals surface area contributed by atoms with Gasteiger partial charge in [0.05, 0.1) is 0 Å². The number of nitrogens with two attached hydrogens (primary N) is 1. The molecule has 0 aliphatic carbocycles. The van der Waals surface area contributed by atoms with Crippen LogP contribution in [0.3, 0.4) is 0 Å². The molecule has 2 N–H and O–H groups in total. The second-order valence-electron chi connectivity index (χ2n) is 2.66. The number of alkyl halides is 2. The van der Waals surface area contributed by atoms with E-state index in [0.717, 1.165) is 6.07 Å². The highest BCUT2D eigenvalue weighted by Gasteiger charge is 2.25. The van der Waals surface area contributed by atoms with Crippen molar-refractivity contribution in [2.75, 3.05) is 5.73 Å². The van der Waals surface area contributed by atoms with Crippen LogP contribution in [0.5, 0.6) is 0 Å². The molecule has 5 nitrogen and oxygen atoms in total. The van der Waals surface area contributed by atoms with Gasteiger partial charge in [0, 0.05) is 5.56 Å². The number of nitro groups is 1. The first-order valence-electron chi connectivity index (χ1n) is 3.63. The largest absolute Gasteiger partial charge is 0.374 e. The number of nitrogen functional groups attached to an aromatic ring is 1. The van der Waals surface area contributed by atoms with E-state index >= 15 is 0 Å². The minimum Gasteiger partial charge on any atom is -0.363 e. The molecule has 14 heavy (non-hydrogen) atoms. The Morgan fingerprint density at radius 3 is 2.64 bits per heavy atom. The maximum absolute atomic E-state index is 12.3. The number of aromatic nitrogens is 1. The van der Waals surface area contributed by atoms with Crippen molar-refractivity contribution in [2.24, 2.45) is 0 Å². The minimum atomic E-state index is -2.93. The quantitative estimate of drug-likeness (QED) is 0.587. The first kappa shape index (κ1) is 10.3. The molecule has 0 bridgehead atoms. The van der Waals surface area contributed by atoms with Crippen LogP contribution in [0.1, 0.15) is 17.6 Å². The van der Waals surface area contributed by atoms with Crippen LogP contribution in [0, 0.1) is 17.0 Å². The summed E-state index contributed by atoms with van der Waals surface area (Å²) < 4.78 is 24.6. The van der Waals surface area contributed by atoms with Gasteiger partial charge in [0.15, 0.2) is 0 Å². The summed E-state index contributed by atoms with van der Waals surface area (Å²) in [6.07, 6.45) is -2.93. The zero-order valence-electron chi connectivity index (χ0n) is 7.20. The number of hydrogen-bond acceptors (Lipinski definition) is 4. The van der Waals surface area contributed by atoms with Crippen LogP contribution in [0.4, 0.5) is 20.4 Å². The van der Waals surface area contributed by atoms with Gasteiger partial charge in [-0.2, -0.15) is 0 Å². The normalized spacial score (nSPS) is 10.6. The molecule has 0 aliphatic heterocycles. The summed E-state index contributed by atoms with van der Waals surface area (Å²) in [6, 6.07) is 0.977. The van der Waals surface area contributed by atoms with Crippen molar-refractivity contribution in [3.63, 3.8) is 0 Å². The van der Waals surface area contributed by atoms with Crippen LogP contribution < -0.4 is 5.73 Å². The molecule has 1 aromatic rings. The maximum atomic E-state index is 12.3. The van der Waals surface area contributed by atoms with E-state index in [4.69, 9.17) is 5.73 Å². The van der Waals surface area contributed by atoms with Crippen LogP contribution in [-0.4, -0.2) is 9.91 Å². The summed E-state index contributed by atoms with van der Waals surface area (Å²) in [4.78, 5) is 12.7. The lowest BCUT2D eigenvalue weighted by molar-refractivity contribution is -0.390. The SMILES string of the molecule is Cc1cc(C(F)F)c([N+](=O)[O-])nc1N. The van der Waals surface area contributed by atoms with E-state index < -0.39 is 22.7 Å². The Kier molecular flexibility index (Phi) is 2.59. The summed E-state index contributed by atoms with van der Waals surface area (Å²) in [5, 5.41) is 10.3. The summed E-state index contributed by atoms with van der Waals surface area (Å²) in [6.45, 7) is 1.46. The highest BCUT2D eigenvalue weighted by Crippen LogP contribution is 2.29. The summed E-state index contributed by atoms with van der Waals surface area (Å²) >= 11 is 0. The van der Waals surface area contributed by atoms with Crippen molar-refractivity contribution < 1.29 is 13.7 Å². The Balaban J connectivity index is 3.39. The number of aryl methyl sites for hydroxylation is 1. The molecule has 0 saturated carbocycles. The average Bonchev–Trinajstić information content (AvgIpc) is 2.08. The Bertz CT molecular complexity index is 381. The lowest BCUT2D eigenvalue weighted by Gasteiger charge is -2.02. The number of halogens is 2. The third-order valence-corrected chi connectivity index (χ3v) is 1.67. The number of hydrogen-bond donors (Lipinski definition) is 1. The number of anilines is 1. The fourth-order valence-electron chi connectivity index (χ4n) is 0.945. The first-order valence-corrected chi connectivity index (χ1v) is 3.63. The average molecular weight is 203 g/mol. The molecule has 0 fully saturated rings. The van der Waals surface area contributed by atoms with Crippen LogP contribution in [-0.2, 0) is 0 Å². The molecule has 0 unspecified atom stereocenters. The molecule has 0 spiro atoms. The number of pyridine rings is 1. The molecular formula is C7H7F2N3O2. The van der Waals surface area contributed by atoms with Gasteiger partial charge in [-0.3, -0.25) is 0 Å². The Morgan fingerprint density at radius 1 is 1.64 bits per heavy atom. The van der Waals surface area contributed by atoms with E-state index in [1.165, 1.54) is 6.92 Å². The zero-order chi connectivity index (χ0) is 10.9. The van der Waals surface area contributed by atoms with Crippen molar-refractivity contribution in [1.82, 2.24) is 4.98 Å². The van der Waals surface area contributed by atoms with E-state index in [9.17, 15) is 18.9 Å². The fourth-order valence-corrected chi connectivity index (χ4v) is 0.945. The molecule has 0 aromatic carbocycles. The molecule has 0 saturated heterocycles. The third kappa shape index (κ3) is 1.76. The van der Waals surface area contributed by atoms with Gasteiger partial charge in [-0.05, 0) is 22.9 Å². The maximum Gasteiger partial charge on any atom is 0.374 e. The third-order valence-electron chi connectivity index (χ3n) is 1.67. The lowest BCUT2D eigenvalue weighted by atomic mass is 10.2. The van der Waals surface area contributed by atoms with Gasteiger partial charge < -0.3 is 15.8 Å². The van der Waals surface area contributed by atoms with Crippen molar-refractivity contribution in [3.8, 4) is 0 Å². The van der Waals surface area contributed by atoms with Crippen molar-refractivity contribution in [3.05, 3.63) is 27.3 Å². The topological polar surface area (TPSA) is 82.0 Å². The molecule has 1 heterocycles. The fraction of sp³-hybridized carbons (Fsp3) is 0.286. The van der Waals surface area contributed by atoms with Gasteiger partial charge in [-0.15, -0.1) is 0 Å². The van der Waals surface area contributed by atoms with Gasteiger partial charge in [-0.25, -0.2) is 8.78 Å². The van der Waals surface area contributed by atoms with E-state index in [0.29, 0.717) is 5.56 Å². The predicted octanol–water partition coefficient (Wildman–Crippen LogP) is 1.82. The Labute approximate surface area is 77.7 Å². The van der Waals surface area contributed by atoms with Crippen LogP contribution in [0.25, 0.3) is 0 Å². The van der Waals surface area contributed by atoms with Crippen molar-refractivity contribution in [2.45, 2.75) is 13.3 Å². The molecule has 0 aliphatic rings. The van der Waals surface area contributed by atoms with E-state index in [2.05, 4.69) is 4.98 Å². The predicted molar refractivity (Wildman–Crippen MR) is 45.0 cm³/mol. The second-order valence-corrected chi connectivity index (χ2v) is 2.66. The number of nitrogens with zero attached hydrogens (tertiary/aromatic N) is 2. The molecule has 7 heteroatoms. The van der Waals surface area contributed by atoms with Gasteiger partial charge in [0.1, 0.15) is 5.56 Å². The van der Waals surface area contributed by atoms with Crippen molar-refractivity contribution in [1.29, 1.82) is 0 Å². The standard InChI is InChI=1S/C7H7F2N3O2/c1-3-2-4(5(8)9)7(12(13)14)11-6(3)10/h2,5H,1H3,(H2,10,11). The van der Waals surface area contributed by atoms with Crippen LogP contribution in [0.15, 0.2) is 6.07 Å². The molecular weight excluding hydrogens is 196 g/mol. The Hall–Kier alpha value is -1.79. The van der Waals surface area contributed by atoms with Crippen molar-refractivity contribution >= 4 is 11.6 Å². The second kappa shape index (κ2) is 3.52. The van der Waals surface area contributed by atoms with Gasteiger partial charge in [0.2, 0.25) is 5.82 Å². The van der Waals surface area contributed by atoms with E-state index in [-0.39, 0.29) is 5.82 Å². The minimum absolute atomic E-state index is 0.110. The van der Waals surface area contributed by atoms with E-state index in [1.54, 1.807) is 0 Å². The molecule has 76 valence electrons. The highest BCUT2D eigenvalue weighted by atomic mass is 19.3. The lowest BCUT2D eigenvalue weighted by Crippen LogP contribution is -2.04.